The van der Waals surface area contributed by atoms with Crippen LogP contribution in [0.3, 0.4) is 0 Å². The van der Waals surface area contributed by atoms with E-state index in [1.807, 2.05) is 54.6 Å². The van der Waals surface area contributed by atoms with Crippen LogP contribution in [0.25, 0.3) is 11.1 Å². The number of hydrogen-bond acceptors (Lipinski definition) is 6. The number of hydrogen-bond donors (Lipinski definition) is 4. The maximum atomic E-state index is 12.5. The smallest absolute Gasteiger partial charge is 0.239 e. The number of aromatic nitrogens is 2. The molecule has 0 spiro atoms. The van der Waals surface area contributed by atoms with Gasteiger partial charge in [-0.2, -0.15) is 0 Å². The average Bonchev–Trinajstić information content (AvgIpc) is 2.83. The minimum atomic E-state index is -1.06. The Hall–Kier alpha value is -3.62. The van der Waals surface area contributed by atoms with Gasteiger partial charge in [0.25, 0.3) is 0 Å². The first-order valence-corrected chi connectivity index (χ1v) is 9.91. The van der Waals surface area contributed by atoms with Gasteiger partial charge in [0, 0.05) is 30.6 Å². The van der Waals surface area contributed by atoms with Crippen LogP contribution < -0.4 is 16.4 Å². The minimum absolute atomic E-state index is 0.241. The molecule has 2 aromatic heterocycles. The number of aliphatic hydroxyl groups is 1. The van der Waals surface area contributed by atoms with Gasteiger partial charge < -0.3 is 21.5 Å². The number of pyridine rings is 2. The summed E-state index contributed by atoms with van der Waals surface area (Å²) in [5.41, 5.74) is 9.16. The van der Waals surface area contributed by atoms with Crippen LogP contribution in [0, 0.1) is 0 Å². The lowest BCUT2D eigenvalue weighted by Gasteiger charge is -2.21. The van der Waals surface area contributed by atoms with Crippen LogP contribution in [0.1, 0.15) is 17.3 Å². The number of nitrogens with one attached hydrogen (secondary N) is 2. The van der Waals surface area contributed by atoms with Crippen LogP contribution in [0.4, 0.5) is 0 Å². The lowest BCUT2D eigenvalue weighted by molar-refractivity contribution is -0.127. The second-order valence-corrected chi connectivity index (χ2v) is 6.98. The molecule has 2 atom stereocenters. The molecule has 3 rings (SSSR count). The quantitative estimate of drug-likeness (QED) is 0.409. The molecule has 0 saturated carbocycles. The van der Waals surface area contributed by atoms with Crippen molar-refractivity contribution in [3.8, 4) is 11.1 Å². The maximum absolute atomic E-state index is 12.5. The molecule has 3 aromatic rings. The zero-order chi connectivity index (χ0) is 22.1. The van der Waals surface area contributed by atoms with E-state index < -0.39 is 18.6 Å². The van der Waals surface area contributed by atoms with Crippen molar-refractivity contribution in [2.45, 2.75) is 18.5 Å². The van der Waals surface area contributed by atoms with E-state index in [2.05, 4.69) is 20.6 Å². The van der Waals surface area contributed by atoms with Gasteiger partial charge in [-0.3, -0.25) is 19.6 Å². The molecule has 0 aliphatic heterocycles. The Morgan fingerprint density at radius 3 is 2.45 bits per heavy atom. The third kappa shape index (κ3) is 6.18. The molecule has 0 radical (unpaired) electrons. The third-order valence-electron chi connectivity index (χ3n) is 4.77. The summed E-state index contributed by atoms with van der Waals surface area (Å²) in [4.78, 5) is 32.9. The summed E-state index contributed by atoms with van der Waals surface area (Å²) in [6.07, 6.45) is 5.63. The van der Waals surface area contributed by atoms with Crippen LogP contribution in [-0.4, -0.2) is 46.1 Å². The molecule has 8 nitrogen and oxygen atoms in total. The highest BCUT2D eigenvalue weighted by molar-refractivity contribution is 5.87. The van der Waals surface area contributed by atoms with E-state index in [1.165, 1.54) is 0 Å². The molecule has 1 unspecified atom stereocenters. The number of nitrogens with two attached hydrogens (primary N) is 1. The monoisotopic (exact) mass is 419 g/mol. The molecule has 0 aliphatic rings. The fourth-order valence-corrected chi connectivity index (χ4v) is 3.15. The summed E-state index contributed by atoms with van der Waals surface area (Å²) in [5.74, 6) is -0.952. The van der Waals surface area contributed by atoms with Crippen molar-refractivity contribution in [2.75, 3.05) is 13.2 Å². The van der Waals surface area contributed by atoms with Gasteiger partial charge in [-0.05, 0) is 29.3 Å². The predicted molar refractivity (Wildman–Crippen MR) is 117 cm³/mol. The first-order valence-electron chi connectivity index (χ1n) is 9.91. The fraction of sp³-hybridized carbons (Fsp3) is 0.217. The normalized spacial score (nSPS) is 12.6. The molecule has 1 aromatic carbocycles. The summed E-state index contributed by atoms with van der Waals surface area (Å²) >= 11 is 0. The number of carbonyl (C=O) groups is 2. The van der Waals surface area contributed by atoms with Crippen molar-refractivity contribution in [3.63, 3.8) is 0 Å². The van der Waals surface area contributed by atoms with E-state index >= 15 is 0 Å². The number of amides is 2. The van der Waals surface area contributed by atoms with E-state index in [1.54, 1.807) is 18.6 Å². The summed E-state index contributed by atoms with van der Waals surface area (Å²) < 4.78 is 0. The SMILES string of the molecule is N[C@H](CO)C(=O)NCC(=O)NC(Cc1ncccc1-c1ccncc1)c1ccccc1. The van der Waals surface area contributed by atoms with Crippen LogP contribution >= 0.6 is 0 Å². The molecule has 5 N–H and O–H groups in total. The van der Waals surface area contributed by atoms with Crippen molar-refractivity contribution < 1.29 is 14.7 Å². The van der Waals surface area contributed by atoms with Gasteiger partial charge in [0.1, 0.15) is 6.04 Å². The second kappa shape index (κ2) is 11.0. The van der Waals surface area contributed by atoms with Gasteiger partial charge in [0.2, 0.25) is 11.8 Å². The highest BCUT2D eigenvalue weighted by Crippen LogP contribution is 2.26. The van der Waals surface area contributed by atoms with E-state index in [0.717, 1.165) is 22.4 Å². The molecule has 8 heteroatoms. The van der Waals surface area contributed by atoms with Gasteiger partial charge in [0.05, 0.1) is 24.9 Å². The molecule has 31 heavy (non-hydrogen) atoms. The Bertz CT molecular complexity index is 998. The number of aliphatic hydroxyl groups excluding tert-OH is 1. The summed E-state index contributed by atoms with van der Waals surface area (Å²) in [7, 11) is 0. The number of nitrogens with zero attached hydrogens (tertiary/aromatic N) is 2. The minimum Gasteiger partial charge on any atom is -0.394 e. The lowest BCUT2D eigenvalue weighted by atomic mass is 9.96. The number of carbonyl (C=O) groups excluding carboxylic acids is 2. The van der Waals surface area contributed by atoms with Gasteiger partial charge in [-0.25, -0.2) is 0 Å². The fourth-order valence-electron chi connectivity index (χ4n) is 3.15. The summed E-state index contributed by atoms with van der Waals surface area (Å²) in [5, 5.41) is 14.3. The van der Waals surface area contributed by atoms with Crippen molar-refractivity contribution in [1.82, 2.24) is 20.6 Å². The second-order valence-electron chi connectivity index (χ2n) is 6.98. The van der Waals surface area contributed by atoms with E-state index in [-0.39, 0.29) is 18.5 Å². The highest BCUT2D eigenvalue weighted by atomic mass is 16.3. The third-order valence-corrected chi connectivity index (χ3v) is 4.77. The average molecular weight is 419 g/mol. The zero-order valence-corrected chi connectivity index (χ0v) is 16.9. The van der Waals surface area contributed by atoms with Crippen molar-refractivity contribution in [3.05, 3.63) is 84.4 Å². The van der Waals surface area contributed by atoms with Gasteiger partial charge in [0.15, 0.2) is 0 Å². The molecule has 160 valence electrons. The van der Waals surface area contributed by atoms with Crippen LogP contribution in [0.5, 0.6) is 0 Å². The Kier molecular flexibility index (Phi) is 7.80. The van der Waals surface area contributed by atoms with Crippen molar-refractivity contribution in [2.24, 2.45) is 5.73 Å². The molecule has 2 heterocycles. The van der Waals surface area contributed by atoms with Crippen molar-refractivity contribution in [1.29, 1.82) is 0 Å². The maximum Gasteiger partial charge on any atom is 0.239 e. The molecule has 2 amide bonds. The number of rotatable bonds is 9. The van der Waals surface area contributed by atoms with E-state index in [4.69, 9.17) is 10.8 Å². The molecular weight excluding hydrogens is 394 g/mol. The van der Waals surface area contributed by atoms with Crippen LogP contribution in [0.2, 0.25) is 0 Å². The summed E-state index contributed by atoms with van der Waals surface area (Å²) in [6.45, 7) is -0.729. The van der Waals surface area contributed by atoms with Gasteiger partial charge in [-0.15, -0.1) is 0 Å². The molecule has 0 saturated heterocycles. The largest absolute Gasteiger partial charge is 0.394 e. The Morgan fingerprint density at radius 2 is 1.74 bits per heavy atom. The highest BCUT2D eigenvalue weighted by Gasteiger charge is 2.19. The van der Waals surface area contributed by atoms with Crippen molar-refractivity contribution >= 4 is 11.8 Å². The van der Waals surface area contributed by atoms with Crippen LogP contribution in [0.15, 0.2) is 73.2 Å². The topological polar surface area (TPSA) is 130 Å². The predicted octanol–water partition coefficient (Wildman–Crippen LogP) is 0.979. The Balaban J connectivity index is 1.79. The zero-order valence-electron chi connectivity index (χ0n) is 16.9. The van der Waals surface area contributed by atoms with Gasteiger partial charge in [-0.1, -0.05) is 36.4 Å². The standard InChI is InChI=1S/C23H25N5O3/c24-19(15-29)23(31)27-14-22(30)28-20(17-5-2-1-3-6-17)13-21-18(7-4-10-26-21)16-8-11-25-12-9-16/h1-12,19-20,29H,13-15,24H2,(H,27,31)(H,28,30)/t19-,20?/m1/s1. The molecule has 0 fully saturated rings. The van der Waals surface area contributed by atoms with Crippen LogP contribution in [-0.2, 0) is 16.0 Å². The van der Waals surface area contributed by atoms with Gasteiger partial charge >= 0.3 is 0 Å². The number of benzene rings is 1. The summed E-state index contributed by atoms with van der Waals surface area (Å²) in [6, 6.07) is 15.8. The molecular formula is C23H25N5O3. The lowest BCUT2D eigenvalue weighted by Crippen LogP contribution is -2.47. The van der Waals surface area contributed by atoms with E-state index in [9.17, 15) is 9.59 Å². The Morgan fingerprint density at radius 1 is 1.00 bits per heavy atom. The Labute approximate surface area is 180 Å². The van der Waals surface area contributed by atoms with E-state index in [0.29, 0.717) is 6.42 Å². The first-order chi connectivity index (χ1) is 15.1. The molecule has 0 bridgehead atoms. The molecule has 0 aliphatic carbocycles. The first kappa shape index (κ1) is 22.1.